The molecule has 0 aliphatic heterocycles. The summed E-state index contributed by atoms with van der Waals surface area (Å²) in [5, 5.41) is 2.31. The van der Waals surface area contributed by atoms with Crippen molar-refractivity contribution in [3.63, 3.8) is 0 Å². The highest BCUT2D eigenvalue weighted by molar-refractivity contribution is 9.10. The minimum absolute atomic E-state index is 0.0967. The van der Waals surface area contributed by atoms with Gasteiger partial charge in [-0.05, 0) is 46.6 Å². The van der Waals surface area contributed by atoms with Crippen molar-refractivity contribution in [1.29, 1.82) is 0 Å². The Hall–Kier alpha value is -1.39. The molecule has 0 saturated heterocycles. The minimum Gasteiger partial charge on any atom is -0.377 e. The predicted octanol–water partition coefficient (Wildman–Crippen LogP) is 4.19. The Morgan fingerprint density at radius 3 is 2.89 bits per heavy atom. The highest BCUT2D eigenvalue weighted by Gasteiger charge is 2.09. The standard InChI is InChI=1S/C14H13BrN2O/c1-8(18-2)9-3-4-13-11(5-9)12-6-10(15)7-16-14(12)17-13/h3-8H,1-2H3,(H,16,17). The van der Waals surface area contributed by atoms with Crippen LogP contribution in [-0.4, -0.2) is 17.1 Å². The fourth-order valence-corrected chi connectivity index (χ4v) is 2.49. The molecule has 1 aromatic carbocycles. The number of methoxy groups -OCH3 is 1. The SMILES string of the molecule is COC(C)c1ccc2[nH]c3ncc(Br)cc3c2c1. The van der Waals surface area contributed by atoms with E-state index in [0.29, 0.717) is 0 Å². The Morgan fingerprint density at radius 2 is 2.11 bits per heavy atom. The van der Waals surface area contributed by atoms with Gasteiger partial charge in [0.25, 0.3) is 0 Å². The lowest BCUT2D eigenvalue weighted by Gasteiger charge is -2.09. The van der Waals surface area contributed by atoms with Crippen molar-refractivity contribution in [2.45, 2.75) is 13.0 Å². The molecule has 3 rings (SSSR count). The number of aromatic nitrogens is 2. The van der Waals surface area contributed by atoms with Crippen molar-refractivity contribution in [1.82, 2.24) is 9.97 Å². The molecule has 0 radical (unpaired) electrons. The first-order valence-corrected chi connectivity index (χ1v) is 6.58. The number of hydrogen-bond acceptors (Lipinski definition) is 2. The molecule has 0 aliphatic carbocycles. The van der Waals surface area contributed by atoms with Crippen LogP contribution in [0.4, 0.5) is 0 Å². The highest BCUT2D eigenvalue weighted by Crippen LogP contribution is 2.29. The zero-order valence-electron chi connectivity index (χ0n) is 10.2. The zero-order chi connectivity index (χ0) is 12.7. The van der Waals surface area contributed by atoms with E-state index in [-0.39, 0.29) is 6.10 Å². The van der Waals surface area contributed by atoms with Gasteiger partial charge in [0, 0.05) is 34.1 Å². The molecule has 2 heterocycles. The molecule has 3 nitrogen and oxygen atoms in total. The number of aromatic amines is 1. The predicted molar refractivity (Wildman–Crippen MR) is 76.7 cm³/mol. The highest BCUT2D eigenvalue weighted by atomic mass is 79.9. The number of pyridine rings is 1. The van der Waals surface area contributed by atoms with Crippen LogP contribution in [0, 0.1) is 0 Å². The van der Waals surface area contributed by atoms with Gasteiger partial charge < -0.3 is 9.72 Å². The maximum atomic E-state index is 5.36. The van der Waals surface area contributed by atoms with Gasteiger partial charge in [0.2, 0.25) is 0 Å². The van der Waals surface area contributed by atoms with E-state index >= 15 is 0 Å². The summed E-state index contributed by atoms with van der Waals surface area (Å²) in [7, 11) is 1.72. The van der Waals surface area contributed by atoms with Gasteiger partial charge >= 0.3 is 0 Å². The van der Waals surface area contributed by atoms with E-state index in [4.69, 9.17) is 4.74 Å². The van der Waals surface area contributed by atoms with Crippen LogP contribution in [0.3, 0.4) is 0 Å². The summed E-state index contributed by atoms with van der Waals surface area (Å²) in [6, 6.07) is 8.41. The average molecular weight is 305 g/mol. The molecule has 0 spiro atoms. The van der Waals surface area contributed by atoms with Gasteiger partial charge in [0.15, 0.2) is 0 Å². The number of nitrogens with zero attached hydrogens (tertiary/aromatic N) is 1. The Labute approximate surface area is 113 Å². The molecule has 1 unspecified atom stereocenters. The van der Waals surface area contributed by atoms with E-state index in [0.717, 1.165) is 21.0 Å². The molecule has 2 aromatic heterocycles. The van der Waals surface area contributed by atoms with Crippen molar-refractivity contribution >= 4 is 37.9 Å². The second-order valence-corrected chi connectivity index (χ2v) is 5.27. The maximum absolute atomic E-state index is 5.36. The second kappa shape index (κ2) is 4.37. The molecule has 4 heteroatoms. The third kappa shape index (κ3) is 1.82. The summed E-state index contributed by atoms with van der Waals surface area (Å²) in [5.41, 5.74) is 3.18. The van der Waals surface area contributed by atoms with Gasteiger partial charge in [-0.2, -0.15) is 0 Å². The van der Waals surface area contributed by atoms with E-state index in [1.807, 2.05) is 6.92 Å². The molecule has 1 N–H and O–H groups in total. The number of halogens is 1. The first-order chi connectivity index (χ1) is 8.69. The zero-order valence-corrected chi connectivity index (χ0v) is 11.8. The van der Waals surface area contributed by atoms with Crippen LogP contribution >= 0.6 is 15.9 Å². The first-order valence-electron chi connectivity index (χ1n) is 5.78. The maximum Gasteiger partial charge on any atom is 0.138 e. The first kappa shape index (κ1) is 11.7. The lowest BCUT2D eigenvalue weighted by Crippen LogP contribution is -1.94. The molecule has 18 heavy (non-hydrogen) atoms. The number of H-pyrrole nitrogens is 1. The number of fused-ring (bicyclic) bond motifs is 3. The number of hydrogen-bond donors (Lipinski definition) is 1. The number of benzene rings is 1. The lowest BCUT2D eigenvalue weighted by molar-refractivity contribution is 0.119. The van der Waals surface area contributed by atoms with Crippen molar-refractivity contribution in [2.24, 2.45) is 0 Å². The summed E-state index contributed by atoms with van der Waals surface area (Å²) < 4.78 is 6.35. The van der Waals surface area contributed by atoms with Crippen LogP contribution in [0.15, 0.2) is 34.9 Å². The van der Waals surface area contributed by atoms with Crippen molar-refractivity contribution < 1.29 is 4.74 Å². The summed E-state index contributed by atoms with van der Waals surface area (Å²) >= 11 is 3.46. The number of nitrogens with one attached hydrogen (secondary N) is 1. The van der Waals surface area contributed by atoms with Gasteiger partial charge in [-0.15, -0.1) is 0 Å². The normalized spacial score (nSPS) is 13.3. The van der Waals surface area contributed by atoms with Gasteiger partial charge in [-0.25, -0.2) is 4.98 Å². The van der Waals surface area contributed by atoms with Crippen LogP contribution in [0.1, 0.15) is 18.6 Å². The van der Waals surface area contributed by atoms with E-state index in [1.165, 1.54) is 10.9 Å². The lowest BCUT2D eigenvalue weighted by atomic mass is 10.1. The quantitative estimate of drug-likeness (QED) is 0.771. The molecule has 0 aliphatic rings. The van der Waals surface area contributed by atoms with Crippen molar-refractivity contribution in [3.8, 4) is 0 Å². The number of rotatable bonds is 2. The van der Waals surface area contributed by atoms with Gasteiger partial charge in [0.05, 0.1) is 6.10 Å². The Morgan fingerprint density at radius 1 is 1.28 bits per heavy atom. The van der Waals surface area contributed by atoms with Crippen molar-refractivity contribution in [3.05, 3.63) is 40.5 Å². The van der Waals surface area contributed by atoms with Crippen LogP contribution < -0.4 is 0 Å². The summed E-state index contributed by atoms with van der Waals surface area (Å²) in [6.07, 6.45) is 1.90. The third-order valence-electron chi connectivity index (χ3n) is 3.26. The van der Waals surface area contributed by atoms with Crippen molar-refractivity contribution in [2.75, 3.05) is 7.11 Å². The molecule has 3 aromatic rings. The Kier molecular flexibility index (Phi) is 2.84. The molecule has 0 bridgehead atoms. The number of ether oxygens (including phenoxy) is 1. The smallest absolute Gasteiger partial charge is 0.138 e. The molecular formula is C14H13BrN2O. The van der Waals surface area contributed by atoms with E-state index in [9.17, 15) is 0 Å². The fourth-order valence-electron chi connectivity index (χ4n) is 2.15. The van der Waals surface area contributed by atoms with E-state index in [1.54, 1.807) is 13.3 Å². The molecule has 0 fully saturated rings. The largest absolute Gasteiger partial charge is 0.377 e. The average Bonchev–Trinajstić information content (AvgIpc) is 2.75. The summed E-state index contributed by atoms with van der Waals surface area (Å²) in [4.78, 5) is 7.70. The molecule has 0 amide bonds. The van der Waals surface area contributed by atoms with Crippen LogP contribution in [-0.2, 0) is 4.74 Å². The van der Waals surface area contributed by atoms with Gasteiger partial charge in [-0.3, -0.25) is 0 Å². The van der Waals surface area contributed by atoms with Crippen LogP contribution in [0.5, 0.6) is 0 Å². The summed E-state index contributed by atoms with van der Waals surface area (Å²) in [5.74, 6) is 0. The van der Waals surface area contributed by atoms with Gasteiger partial charge in [-0.1, -0.05) is 6.07 Å². The van der Waals surface area contributed by atoms with Crippen LogP contribution in [0.2, 0.25) is 0 Å². The second-order valence-electron chi connectivity index (χ2n) is 4.36. The summed E-state index contributed by atoms with van der Waals surface area (Å²) in [6.45, 7) is 2.05. The topological polar surface area (TPSA) is 37.9 Å². The molecule has 1 atom stereocenters. The molecule has 92 valence electrons. The molecule has 0 saturated carbocycles. The Bertz CT molecular complexity index is 720. The van der Waals surface area contributed by atoms with Gasteiger partial charge in [0.1, 0.15) is 5.65 Å². The van der Waals surface area contributed by atoms with E-state index in [2.05, 4.69) is 50.2 Å². The van der Waals surface area contributed by atoms with E-state index < -0.39 is 0 Å². The monoisotopic (exact) mass is 304 g/mol. The Balaban J connectivity index is 2.30. The third-order valence-corrected chi connectivity index (χ3v) is 3.70. The van der Waals surface area contributed by atoms with Crippen LogP contribution in [0.25, 0.3) is 21.9 Å². The minimum atomic E-state index is 0.0967. The fraction of sp³-hybridized carbons (Fsp3) is 0.214. The molecular weight excluding hydrogens is 292 g/mol.